The van der Waals surface area contributed by atoms with Crippen LogP contribution < -0.4 is 15.4 Å². The second kappa shape index (κ2) is 6.73. The van der Waals surface area contributed by atoms with E-state index in [1.807, 2.05) is 11.3 Å². The third kappa shape index (κ3) is 3.71. The van der Waals surface area contributed by atoms with Crippen LogP contribution in [0.5, 0.6) is 5.06 Å². The summed E-state index contributed by atoms with van der Waals surface area (Å²) in [7, 11) is 0. The van der Waals surface area contributed by atoms with Crippen LogP contribution in [0.3, 0.4) is 0 Å². The van der Waals surface area contributed by atoms with E-state index in [1.54, 1.807) is 0 Å². The smallest absolute Gasteiger partial charge is 0.174 e. The zero-order chi connectivity index (χ0) is 12.9. The van der Waals surface area contributed by atoms with Gasteiger partial charge in [-0.3, -0.25) is 0 Å². The van der Waals surface area contributed by atoms with Crippen molar-refractivity contribution in [1.82, 2.24) is 10.6 Å². The van der Waals surface area contributed by atoms with Crippen LogP contribution in [0, 0.1) is 5.92 Å². The summed E-state index contributed by atoms with van der Waals surface area (Å²) in [6.45, 7) is 5.43. The van der Waals surface area contributed by atoms with E-state index in [1.165, 1.54) is 49.2 Å². The summed E-state index contributed by atoms with van der Waals surface area (Å²) in [5.41, 5.74) is 1.45. The van der Waals surface area contributed by atoms with E-state index >= 15 is 0 Å². The third-order valence-corrected chi connectivity index (χ3v) is 5.27. The summed E-state index contributed by atoms with van der Waals surface area (Å²) in [6, 6.07) is 2.23. The molecule has 3 nitrogen and oxygen atoms in total. The molecule has 0 aromatic carbocycles. The summed E-state index contributed by atoms with van der Waals surface area (Å²) in [4.78, 5) is 1.52. The lowest BCUT2D eigenvalue weighted by molar-refractivity contribution is 0.281. The van der Waals surface area contributed by atoms with Gasteiger partial charge >= 0.3 is 0 Å². The fraction of sp³-hybridized carbons (Fsp3) is 0.733. The lowest BCUT2D eigenvalue weighted by atomic mass is 9.95. The molecular formula is C15H24N2OS. The Bertz CT molecular complexity index is 375. The Kier molecular flexibility index (Phi) is 4.75. The first kappa shape index (κ1) is 13.4. The lowest BCUT2D eigenvalue weighted by Crippen LogP contribution is -2.29. The number of thiophene rings is 1. The van der Waals surface area contributed by atoms with Crippen LogP contribution in [0.4, 0.5) is 0 Å². The molecule has 1 unspecified atom stereocenters. The number of piperidine rings is 1. The van der Waals surface area contributed by atoms with Crippen molar-refractivity contribution in [1.29, 1.82) is 0 Å². The number of fused-ring (bicyclic) bond motifs is 1. The van der Waals surface area contributed by atoms with Crippen molar-refractivity contribution >= 4 is 11.3 Å². The molecule has 0 radical (unpaired) electrons. The second-order valence-electron chi connectivity index (χ2n) is 5.64. The molecule has 19 heavy (non-hydrogen) atoms. The van der Waals surface area contributed by atoms with Gasteiger partial charge < -0.3 is 15.4 Å². The summed E-state index contributed by atoms with van der Waals surface area (Å²) in [6.07, 6.45) is 6.39. The van der Waals surface area contributed by atoms with Gasteiger partial charge in [0.15, 0.2) is 5.06 Å². The monoisotopic (exact) mass is 280 g/mol. The molecule has 1 aromatic heterocycles. The second-order valence-corrected chi connectivity index (χ2v) is 6.74. The number of hydrogen-bond acceptors (Lipinski definition) is 4. The SMILES string of the molecule is c1c(OCCCC2CCCNC2)sc2c1CNCC2. The largest absolute Gasteiger partial charge is 0.484 e. The van der Waals surface area contributed by atoms with E-state index < -0.39 is 0 Å². The zero-order valence-electron chi connectivity index (χ0n) is 11.5. The highest BCUT2D eigenvalue weighted by Crippen LogP contribution is 2.31. The van der Waals surface area contributed by atoms with Crippen LogP contribution in [0.2, 0.25) is 0 Å². The highest BCUT2D eigenvalue weighted by Gasteiger charge is 2.14. The fourth-order valence-electron chi connectivity index (χ4n) is 3.01. The summed E-state index contributed by atoms with van der Waals surface area (Å²) >= 11 is 1.85. The molecule has 2 aliphatic rings. The van der Waals surface area contributed by atoms with Crippen molar-refractivity contribution in [3.05, 3.63) is 16.5 Å². The van der Waals surface area contributed by atoms with Crippen LogP contribution in [0.25, 0.3) is 0 Å². The van der Waals surface area contributed by atoms with E-state index in [-0.39, 0.29) is 0 Å². The average molecular weight is 280 g/mol. The molecule has 0 bridgehead atoms. The highest BCUT2D eigenvalue weighted by molar-refractivity contribution is 7.14. The van der Waals surface area contributed by atoms with Crippen molar-refractivity contribution in [2.75, 3.05) is 26.2 Å². The summed E-state index contributed by atoms with van der Waals surface area (Å²) in [5.74, 6) is 0.873. The molecule has 4 heteroatoms. The molecular weight excluding hydrogens is 256 g/mol. The molecule has 1 fully saturated rings. The Morgan fingerprint density at radius 1 is 1.32 bits per heavy atom. The number of nitrogens with one attached hydrogen (secondary N) is 2. The van der Waals surface area contributed by atoms with E-state index in [4.69, 9.17) is 4.74 Å². The van der Waals surface area contributed by atoms with E-state index in [0.717, 1.165) is 37.1 Å². The number of rotatable bonds is 5. The standard InChI is InChI=1S/C15H24N2OS/c1-3-12(10-16-6-1)4-2-8-18-15-9-13-11-17-7-5-14(13)19-15/h9,12,16-17H,1-8,10-11H2. The number of ether oxygens (including phenoxy) is 1. The average Bonchev–Trinajstić information content (AvgIpc) is 2.87. The van der Waals surface area contributed by atoms with Crippen molar-refractivity contribution in [2.45, 2.75) is 38.6 Å². The van der Waals surface area contributed by atoms with Gasteiger partial charge in [-0.1, -0.05) is 0 Å². The summed E-state index contributed by atoms with van der Waals surface area (Å²) < 4.78 is 5.92. The van der Waals surface area contributed by atoms with Crippen molar-refractivity contribution in [3.63, 3.8) is 0 Å². The maximum Gasteiger partial charge on any atom is 0.174 e. The first-order valence-electron chi connectivity index (χ1n) is 7.57. The molecule has 1 aromatic rings. The first-order chi connectivity index (χ1) is 9.42. The predicted molar refractivity (Wildman–Crippen MR) is 80.1 cm³/mol. The third-order valence-electron chi connectivity index (χ3n) is 4.12. The van der Waals surface area contributed by atoms with Gasteiger partial charge in [0.25, 0.3) is 0 Å². The van der Waals surface area contributed by atoms with Gasteiger partial charge in [-0.25, -0.2) is 0 Å². The molecule has 1 atom stereocenters. The molecule has 0 spiro atoms. The van der Waals surface area contributed by atoms with Crippen LogP contribution in [0.15, 0.2) is 6.07 Å². The normalized spacial score (nSPS) is 23.1. The molecule has 106 valence electrons. The zero-order valence-corrected chi connectivity index (χ0v) is 12.4. The topological polar surface area (TPSA) is 33.3 Å². The molecule has 0 saturated carbocycles. The maximum atomic E-state index is 5.92. The van der Waals surface area contributed by atoms with E-state index in [9.17, 15) is 0 Å². The molecule has 2 aliphatic heterocycles. The number of hydrogen-bond donors (Lipinski definition) is 2. The van der Waals surface area contributed by atoms with E-state index in [0.29, 0.717) is 0 Å². The molecule has 1 saturated heterocycles. The molecule has 2 N–H and O–H groups in total. The predicted octanol–water partition coefficient (Wildman–Crippen LogP) is 2.55. The first-order valence-corrected chi connectivity index (χ1v) is 8.39. The van der Waals surface area contributed by atoms with Crippen LogP contribution in [0.1, 0.15) is 36.1 Å². The molecule has 3 rings (SSSR count). The van der Waals surface area contributed by atoms with Crippen molar-refractivity contribution < 1.29 is 4.74 Å². The van der Waals surface area contributed by atoms with Gasteiger partial charge in [0.1, 0.15) is 0 Å². The van der Waals surface area contributed by atoms with Gasteiger partial charge in [-0.15, -0.1) is 11.3 Å². The van der Waals surface area contributed by atoms with Gasteiger partial charge in [0, 0.05) is 18.0 Å². The minimum atomic E-state index is 0.873. The molecule has 0 aliphatic carbocycles. The minimum absolute atomic E-state index is 0.873. The maximum absolute atomic E-state index is 5.92. The Morgan fingerprint density at radius 3 is 3.16 bits per heavy atom. The van der Waals surface area contributed by atoms with Crippen molar-refractivity contribution in [3.8, 4) is 5.06 Å². The van der Waals surface area contributed by atoms with Gasteiger partial charge in [0.05, 0.1) is 6.61 Å². The fourth-order valence-corrected chi connectivity index (χ4v) is 4.06. The minimum Gasteiger partial charge on any atom is -0.484 e. The quantitative estimate of drug-likeness (QED) is 0.813. The Labute approximate surface area is 119 Å². The van der Waals surface area contributed by atoms with Crippen molar-refractivity contribution in [2.24, 2.45) is 5.92 Å². The van der Waals surface area contributed by atoms with Crippen LogP contribution in [-0.2, 0) is 13.0 Å². The lowest BCUT2D eigenvalue weighted by Gasteiger charge is -2.22. The highest BCUT2D eigenvalue weighted by atomic mass is 32.1. The Hall–Kier alpha value is -0.580. The molecule has 0 amide bonds. The summed E-state index contributed by atoms with van der Waals surface area (Å²) in [5, 5.41) is 8.01. The van der Waals surface area contributed by atoms with Crippen LogP contribution in [-0.4, -0.2) is 26.2 Å². The Balaban J connectivity index is 1.38. The van der Waals surface area contributed by atoms with Gasteiger partial charge in [-0.05, 0) is 62.7 Å². The van der Waals surface area contributed by atoms with Gasteiger partial charge in [-0.2, -0.15) is 0 Å². The van der Waals surface area contributed by atoms with Gasteiger partial charge in [0.2, 0.25) is 0 Å². The van der Waals surface area contributed by atoms with Crippen LogP contribution >= 0.6 is 11.3 Å². The van der Waals surface area contributed by atoms with E-state index in [2.05, 4.69) is 16.7 Å². The molecule has 3 heterocycles. The Morgan fingerprint density at radius 2 is 2.32 bits per heavy atom.